The standard InChI is InChI=1S/C27H44O/c1-19(2)8-6-9-21(4)25-15-16-26-22(10-7-17-27(25,26)5)12-13-23-18-24(28)14-11-20(23)3/h12-13,19,21,24-26,28H,3,6-11,14-18H2,1-2,4-5H3/b22-12-,23-13+. The van der Waals surface area contributed by atoms with Gasteiger partial charge < -0.3 is 5.11 Å². The summed E-state index contributed by atoms with van der Waals surface area (Å²) in [6, 6.07) is 0. The summed E-state index contributed by atoms with van der Waals surface area (Å²) in [5, 5.41) is 10.0. The predicted molar refractivity (Wildman–Crippen MR) is 121 cm³/mol. The molecule has 0 saturated heterocycles. The third-order valence-electron chi connectivity index (χ3n) is 8.35. The number of allylic oxidation sites excluding steroid dienone is 4. The lowest BCUT2D eigenvalue weighted by Gasteiger charge is -2.44. The Morgan fingerprint density at radius 2 is 1.89 bits per heavy atom. The molecule has 0 bridgehead atoms. The summed E-state index contributed by atoms with van der Waals surface area (Å²) in [6.45, 7) is 14.1. The highest BCUT2D eigenvalue weighted by molar-refractivity contribution is 5.36. The lowest BCUT2D eigenvalue weighted by molar-refractivity contribution is 0.0929. The first-order valence-electron chi connectivity index (χ1n) is 12.1. The average Bonchev–Trinajstić information content (AvgIpc) is 2.99. The van der Waals surface area contributed by atoms with Gasteiger partial charge >= 0.3 is 0 Å². The molecule has 3 fully saturated rings. The molecule has 0 spiro atoms. The van der Waals surface area contributed by atoms with Crippen molar-refractivity contribution in [1.29, 1.82) is 0 Å². The summed E-state index contributed by atoms with van der Waals surface area (Å²) >= 11 is 0. The molecule has 0 aromatic carbocycles. The molecule has 0 radical (unpaired) electrons. The van der Waals surface area contributed by atoms with Crippen molar-refractivity contribution in [3.05, 3.63) is 35.5 Å². The molecule has 3 rings (SSSR count). The average molecular weight is 385 g/mol. The van der Waals surface area contributed by atoms with E-state index in [1.807, 2.05) is 0 Å². The third-order valence-corrected chi connectivity index (χ3v) is 8.35. The van der Waals surface area contributed by atoms with E-state index in [4.69, 9.17) is 0 Å². The van der Waals surface area contributed by atoms with Crippen LogP contribution in [0.3, 0.4) is 0 Å². The monoisotopic (exact) mass is 384 g/mol. The Morgan fingerprint density at radius 3 is 2.64 bits per heavy atom. The Bertz CT molecular complexity index is 610. The van der Waals surface area contributed by atoms with Gasteiger partial charge in [-0.1, -0.05) is 76.8 Å². The minimum Gasteiger partial charge on any atom is -0.393 e. The van der Waals surface area contributed by atoms with Crippen LogP contribution in [-0.4, -0.2) is 11.2 Å². The zero-order valence-electron chi connectivity index (χ0n) is 19.0. The van der Waals surface area contributed by atoms with E-state index < -0.39 is 0 Å². The Morgan fingerprint density at radius 1 is 1.11 bits per heavy atom. The van der Waals surface area contributed by atoms with Crippen LogP contribution in [0, 0.1) is 29.1 Å². The zero-order chi connectivity index (χ0) is 20.3. The number of aliphatic hydroxyl groups is 1. The Labute approximate surface area is 174 Å². The quantitative estimate of drug-likeness (QED) is 0.499. The van der Waals surface area contributed by atoms with E-state index in [2.05, 4.69) is 46.4 Å². The minimum atomic E-state index is -0.172. The molecule has 5 atom stereocenters. The summed E-state index contributed by atoms with van der Waals surface area (Å²) < 4.78 is 0. The van der Waals surface area contributed by atoms with E-state index >= 15 is 0 Å². The van der Waals surface area contributed by atoms with Crippen LogP contribution < -0.4 is 0 Å². The summed E-state index contributed by atoms with van der Waals surface area (Å²) in [4.78, 5) is 0. The summed E-state index contributed by atoms with van der Waals surface area (Å²) in [5.74, 6) is 3.37. The molecule has 1 nitrogen and oxygen atoms in total. The van der Waals surface area contributed by atoms with Crippen LogP contribution in [0.25, 0.3) is 0 Å². The van der Waals surface area contributed by atoms with Crippen molar-refractivity contribution in [3.63, 3.8) is 0 Å². The normalized spacial score (nSPS) is 37.6. The molecule has 3 saturated carbocycles. The third kappa shape index (κ3) is 4.84. The summed E-state index contributed by atoms with van der Waals surface area (Å²) in [5.41, 5.74) is 4.72. The van der Waals surface area contributed by atoms with E-state index in [9.17, 15) is 5.11 Å². The van der Waals surface area contributed by atoms with Gasteiger partial charge in [0.1, 0.15) is 0 Å². The van der Waals surface area contributed by atoms with Crippen molar-refractivity contribution in [2.24, 2.45) is 29.1 Å². The molecule has 1 heteroatoms. The van der Waals surface area contributed by atoms with Crippen molar-refractivity contribution in [3.8, 4) is 0 Å². The number of rotatable bonds is 6. The van der Waals surface area contributed by atoms with Gasteiger partial charge in [-0.3, -0.25) is 0 Å². The summed E-state index contributed by atoms with van der Waals surface area (Å²) in [7, 11) is 0. The zero-order valence-corrected chi connectivity index (χ0v) is 19.0. The van der Waals surface area contributed by atoms with Gasteiger partial charge in [0.05, 0.1) is 6.10 Å². The molecule has 0 aliphatic heterocycles. The van der Waals surface area contributed by atoms with Crippen molar-refractivity contribution in [2.45, 2.75) is 104 Å². The maximum absolute atomic E-state index is 10.0. The molecule has 3 aliphatic carbocycles. The molecule has 0 amide bonds. The van der Waals surface area contributed by atoms with Gasteiger partial charge in [-0.05, 0) is 86.0 Å². The van der Waals surface area contributed by atoms with E-state index in [0.29, 0.717) is 5.41 Å². The van der Waals surface area contributed by atoms with Crippen LogP contribution in [0.5, 0.6) is 0 Å². The van der Waals surface area contributed by atoms with Crippen molar-refractivity contribution >= 4 is 0 Å². The van der Waals surface area contributed by atoms with E-state index in [-0.39, 0.29) is 6.10 Å². The highest BCUT2D eigenvalue weighted by Gasteiger charge is 2.50. The number of fused-ring (bicyclic) bond motifs is 1. The molecule has 3 aliphatic rings. The second-order valence-corrected chi connectivity index (χ2v) is 10.8. The van der Waals surface area contributed by atoms with Gasteiger partial charge in [-0.25, -0.2) is 0 Å². The lowest BCUT2D eigenvalue weighted by atomic mass is 9.60. The van der Waals surface area contributed by atoms with Crippen LogP contribution in [0.4, 0.5) is 0 Å². The molecule has 0 aromatic rings. The number of hydrogen-bond donors (Lipinski definition) is 1. The molecule has 0 aromatic heterocycles. The lowest BCUT2D eigenvalue weighted by Crippen LogP contribution is -2.36. The first-order valence-corrected chi connectivity index (χ1v) is 12.1. The number of aliphatic hydroxyl groups excluding tert-OH is 1. The van der Waals surface area contributed by atoms with E-state index in [0.717, 1.165) is 42.9 Å². The molecule has 5 unspecified atom stereocenters. The topological polar surface area (TPSA) is 20.2 Å². The first kappa shape index (κ1) is 21.9. The van der Waals surface area contributed by atoms with E-state index in [1.54, 1.807) is 5.57 Å². The Balaban J connectivity index is 1.70. The van der Waals surface area contributed by atoms with Crippen molar-refractivity contribution in [2.75, 3.05) is 0 Å². The number of hydrogen-bond acceptors (Lipinski definition) is 1. The first-order chi connectivity index (χ1) is 13.3. The van der Waals surface area contributed by atoms with Gasteiger partial charge in [0, 0.05) is 0 Å². The van der Waals surface area contributed by atoms with Crippen LogP contribution >= 0.6 is 0 Å². The second-order valence-electron chi connectivity index (χ2n) is 10.8. The fourth-order valence-electron chi connectivity index (χ4n) is 6.66. The fourth-order valence-corrected chi connectivity index (χ4v) is 6.66. The molecular weight excluding hydrogens is 340 g/mol. The van der Waals surface area contributed by atoms with Crippen molar-refractivity contribution in [1.82, 2.24) is 0 Å². The van der Waals surface area contributed by atoms with Gasteiger partial charge in [0.15, 0.2) is 0 Å². The van der Waals surface area contributed by atoms with Crippen LogP contribution in [0.2, 0.25) is 0 Å². The highest BCUT2D eigenvalue weighted by Crippen LogP contribution is 2.59. The fraction of sp³-hybridized carbons (Fsp3) is 0.778. The van der Waals surface area contributed by atoms with Crippen LogP contribution in [0.1, 0.15) is 98.3 Å². The maximum Gasteiger partial charge on any atom is 0.0583 e. The minimum absolute atomic E-state index is 0.172. The van der Waals surface area contributed by atoms with Crippen LogP contribution in [-0.2, 0) is 0 Å². The van der Waals surface area contributed by atoms with E-state index in [1.165, 1.54) is 62.5 Å². The van der Waals surface area contributed by atoms with Gasteiger partial charge in [0.2, 0.25) is 0 Å². The van der Waals surface area contributed by atoms with Gasteiger partial charge in [0.25, 0.3) is 0 Å². The van der Waals surface area contributed by atoms with Gasteiger partial charge in [-0.15, -0.1) is 0 Å². The Kier molecular flexibility index (Phi) is 7.29. The van der Waals surface area contributed by atoms with Crippen LogP contribution in [0.15, 0.2) is 35.5 Å². The van der Waals surface area contributed by atoms with Gasteiger partial charge in [-0.2, -0.15) is 0 Å². The Hall–Kier alpha value is -0.820. The molecular formula is C27H44O. The predicted octanol–water partition coefficient (Wildman–Crippen LogP) is 7.62. The summed E-state index contributed by atoms with van der Waals surface area (Å²) in [6.07, 6.45) is 18.2. The van der Waals surface area contributed by atoms with Crippen molar-refractivity contribution < 1.29 is 5.11 Å². The largest absolute Gasteiger partial charge is 0.393 e. The second kappa shape index (κ2) is 9.33. The SMILES string of the molecule is C=C1CCC(O)C/C1=C\C=C1\CCCC2(C)C1CCC2C(C)CCCC(C)C. The molecule has 28 heavy (non-hydrogen) atoms. The highest BCUT2D eigenvalue weighted by atomic mass is 16.3. The molecule has 158 valence electrons. The molecule has 0 heterocycles. The smallest absolute Gasteiger partial charge is 0.0583 e. The maximum atomic E-state index is 10.0. The molecule has 1 N–H and O–H groups in total.